The van der Waals surface area contributed by atoms with Crippen LogP contribution in [0.4, 0.5) is 0 Å². The van der Waals surface area contributed by atoms with Gasteiger partial charge < -0.3 is 0 Å². The van der Waals surface area contributed by atoms with Crippen LogP contribution in [0.1, 0.15) is 18.4 Å². The van der Waals surface area contributed by atoms with Crippen LogP contribution in [0, 0.1) is 0 Å². The van der Waals surface area contributed by atoms with Gasteiger partial charge in [0.1, 0.15) is 4.08 Å². The maximum Gasteiger partial charge on any atom is 0.243 e. The van der Waals surface area contributed by atoms with E-state index >= 15 is 0 Å². The lowest BCUT2D eigenvalue weighted by atomic mass is 10.1. The fourth-order valence-electron chi connectivity index (χ4n) is 2.80. The molecule has 2 aliphatic rings. The lowest BCUT2D eigenvalue weighted by molar-refractivity contribution is 0.388. The van der Waals surface area contributed by atoms with Gasteiger partial charge >= 0.3 is 0 Å². The molecule has 2 heterocycles. The summed E-state index contributed by atoms with van der Waals surface area (Å²) in [6.07, 6.45) is 1.88. The number of fused-ring (bicyclic) bond motifs is 2. The van der Waals surface area contributed by atoms with Crippen molar-refractivity contribution in [2.45, 2.75) is 21.8 Å². The molecule has 0 amide bonds. The van der Waals surface area contributed by atoms with Crippen LogP contribution in [0.15, 0.2) is 29.2 Å². The van der Waals surface area contributed by atoms with Gasteiger partial charge in [-0.25, -0.2) is 8.42 Å². The van der Waals surface area contributed by atoms with Gasteiger partial charge in [0.15, 0.2) is 0 Å². The number of nitrogens with zero attached hydrogens (tertiary/aromatic N) is 1. The number of thioether (sulfide) groups is 2. The van der Waals surface area contributed by atoms with Crippen LogP contribution in [0.2, 0.25) is 0 Å². The van der Waals surface area contributed by atoms with Crippen LogP contribution >= 0.6 is 35.1 Å². The number of benzene rings is 1. The molecule has 21 heavy (non-hydrogen) atoms. The van der Waals surface area contributed by atoms with Gasteiger partial charge in [0, 0.05) is 19.0 Å². The van der Waals surface area contributed by atoms with Crippen LogP contribution in [0.3, 0.4) is 0 Å². The first-order valence-electron chi connectivity index (χ1n) is 7.04. The zero-order valence-electron chi connectivity index (χ0n) is 11.6. The van der Waals surface area contributed by atoms with Crippen molar-refractivity contribution in [1.29, 1.82) is 0 Å². The molecule has 1 aromatic rings. The molecule has 0 N–H and O–H groups in total. The van der Waals surface area contributed by atoms with E-state index in [0.717, 1.165) is 17.1 Å². The van der Waals surface area contributed by atoms with E-state index in [2.05, 4.69) is 0 Å². The molecular weight excluding hydrogens is 346 g/mol. The van der Waals surface area contributed by atoms with Gasteiger partial charge in [0.25, 0.3) is 0 Å². The molecule has 7 heteroatoms. The summed E-state index contributed by atoms with van der Waals surface area (Å²) in [5, 5.41) is 0. The van der Waals surface area contributed by atoms with Gasteiger partial charge in [-0.05, 0) is 36.0 Å². The van der Waals surface area contributed by atoms with Gasteiger partial charge in [-0.15, -0.1) is 35.1 Å². The second-order valence-corrected chi connectivity index (χ2v) is 10.5. The minimum absolute atomic E-state index is 0.146. The monoisotopic (exact) mass is 363 g/mol. The van der Waals surface area contributed by atoms with Crippen LogP contribution in [0.25, 0.3) is 0 Å². The lowest BCUT2D eigenvalue weighted by Gasteiger charge is -2.44. The zero-order valence-corrected chi connectivity index (χ0v) is 14.8. The third-order valence-corrected chi connectivity index (χ3v) is 9.29. The second-order valence-electron chi connectivity index (χ2n) is 5.18. The van der Waals surface area contributed by atoms with E-state index in [1.807, 2.05) is 41.7 Å². The molecule has 0 radical (unpaired) electrons. The standard InChI is InChI=1S/C14H18ClNO2S3/c15-7-3-8-16-11-14(19-9-4-10-20-14)12-5-1-2-6-13(12)21(16,17)18/h1-2,5-6H,3-4,7-11H2. The molecule has 0 unspecified atom stereocenters. The van der Waals surface area contributed by atoms with Crippen LogP contribution in [-0.2, 0) is 14.1 Å². The minimum Gasteiger partial charge on any atom is -0.207 e. The smallest absolute Gasteiger partial charge is 0.207 e. The molecule has 2 aliphatic heterocycles. The predicted molar refractivity (Wildman–Crippen MR) is 91.7 cm³/mol. The highest BCUT2D eigenvalue weighted by Gasteiger charge is 2.47. The fraction of sp³-hybridized carbons (Fsp3) is 0.571. The van der Waals surface area contributed by atoms with Gasteiger partial charge in [0.05, 0.1) is 4.90 Å². The maximum atomic E-state index is 12.8. The van der Waals surface area contributed by atoms with E-state index in [4.69, 9.17) is 11.6 Å². The Morgan fingerprint density at radius 2 is 1.95 bits per heavy atom. The summed E-state index contributed by atoms with van der Waals surface area (Å²) in [5.41, 5.74) is 0.974. The molecule has 1 spiro atoms. The van der Waals surface area contributed by atoms with Crippen molar-refractivity contribution in [1.82, 2.24) is 4.31 Å². The van der Waals surface area contributed by atoms with Crippen LogP contribution in [0.5, 0.6) is 0 Å². The first-order chi connectivity index (χ1) is 10.1. The summed E-state index contributed by atoms with van der Waals surface area (Å²) in [6, 6.07) is 7.49. The van der Waals surface area contributed by atoms with Crippen LogP contribution < -0.4 is 0 Å². The van der Waals surface area contributed by atoms with Gasteiger partial charge in [-0.1, -0.05) is 18.2 Å². The Hall–Kier alpha value is 0.120. The Morgan fingerprint density at radius 1 is 1.24 bits per heavy atom. The van der Waals surface area contributed by atoms with Crippen molar-refractivity contribution in [3.05, 3.63) is 29.8 Å². The number of hydrogen-bond donors (Lipinski definition) is 0. The maximum absolute atomic E-state index is 12.8. The average molecular weight is 364 g/mol. The predicted octanol–water partition coefficient (Wildman–Crippen LogP) is 3.34. The van der Waals surface area contributed by atoms with Gasteiger partial charge in [-0.3, -0.25) is 0 Å². The molecule has 1 aromatic carbocycles. The highest BCUT2D eigenvalue weighted by Crippen LogP contribution is 2.55. The summed E-state index contributed by atoms with van der Waals surface area (Å²) in [6.45, 7) is 1.06. The third kappa shape index (κ3) is 2.85. The summed E-state index contributed by atoms with van der Waals surface area (Å²) in [5.74, 6) is 2.66. The molecule has 0 atom stereocenters. The summed E-state index contributed by atoms with van der Waals surface area (Å²) in [7, 11) is -3.38. The molecule has 1 saturated heterocycles. The fourth-order valence-corrected chi connectivity index (χ4v) is 8.41. The lowest BCUT2D eigenvalue weighted by Crippen LogP contribution is -2.47. The first kappa shape index (κ1) is 16.0. The first-order valence-corrected chi connectivity index (χ1v) is 11.0. The van der Waals surface area contributed by atoms with E-state index in [1.54, 1.807) is 10.4 Å². The number of halogens is 1. The minimum atomic E-state index is -3.38. The molecule has 1 fully saturated rings. The largest absolute Gasteiger partial charge is 0.243 e. The van der Waals surface area contributed by atoms with Gasteiger partial charge in [0.2, 0.25) is 10.0 Å². The summed E-state index contributed by atoms with van der Waals surface area (Å²) < 4.78 is 27.1. The topological polar surface area (TPSA) is 37.4 Å². The van der Waals surface area contributed by atoms with E-state index in [0.29, 0.717) is 30.3 Å². The van der Waals surface area contributed by atoms with Crippen LogP contribution in [-0.4, -0.2) is 43.2 Å². The number of alkyl halides is 1. The Labute approximate surface area is 139 Å². The molecule has 0 saturated carbocycles. The van der Waals surface area contributed by atoms with Gasteiger partial charge in [-0.2, -0.15) is 4.31 Å². The summed E-state index contributed by atoms with van der Waals surface area (Å²) in [4.78, 5) is 0.479. The van der Waals surface area contributed by atoms with E-state index in [9.17, 15) is 8.42 Å². The van der Waals surface area contributed by atoms with Crippen molar-refractivity contribution in [2.75, 3.05) is 30.5 Å². The normalized spacial score (nSPS) is 23.9. The van der Waals surface area contributed by atoms with E-state index < -0.39 is 10.0 Å². The zero-order chi connectivity index (χ0) is 14.9. The van der Waals surface area contributed by atoms with Crippen molar-refractivity contribution in [3.63, 3.8) is 0 Å². The third-order valence-electron chi connectivity index (χ3n) is 3.80. The quantitative estimate of drug-likeness (QED) is 0.772. The average Bonchev–Trinajstić information content (AvgIpc) is 2.51. The highest BCUT2D eigenvalue weighted by atomic mass is 35.5. The number of sulfonamides is 1. The van der Waals surface area contributed by atoms with Crippen molar-refractivity contribution < 1.29 is 8.42 Å². The van der Waals surface area contributed by atoms with E-state index in [-0.39, 0.29) is 4.08 Å². The molecule has 0 bridgehead atoms. The number of hydrogen-bond acceptors (Lipinski definition) is 4. The molecule has 0 aliphatic carbocycles. The SMILES string of the molecule is O=S1(=O)c2ccccc2C2(CN1CCCCl)SCCCS2. The Kier molecular flexibility index (Phi) is 4.81. The molecular formula is C14H18ClNO2S3. The molecule has 3 rings (SSSR count). The molecule has 0 aromatic heterocycles. The highest BCUT2D eigenvalue weighted by molar-refractivity contribution is 8.18. The summed E-state index contributed by atoms with van der Waals surface area (Å²) >= 11 is 9.54. The van der Waals surface area contributed by atoms with E-state index in [1.165, 1.54) is 6.42 Å². The molecule has 3 nitrogen and oxygen atoms in total. The molecule has 116 valence electrons. The number of rotatable bonds is 3. The van der Waals surface area contributed by atoms with Crippen molar-refractivity contribution in [2.24, 2.45) is 0 Å². The Balaban J connectivity index is 2.07. The Morgan fingerprint density at radius 3 is 2.67 bits per heavy atom. The Bertz CT molecular complexity index is 614. The second kappa shape index (κ2) is 6.32. The van der Waals surface area contributed by atoms with Crippen molar-refractivity contribution >= 4 is 45.1 Å². The van der Waals surface area contributed by atoms with Crippen molar-refractivity contribution in [3.8, 4) is 0 Å².